The highest BCUT2D eigenvalue weighted by Crippen LogP contribution is 2.27. The van der Waals surface area contributed by atoms with Gasteiger partial charge in [0.25, 0.3) is 11.8 Å². The molecule has 0 bridgehead atoms. The Balaban J connectivity index is 1.51. The predicted octanol–water partition coefficient (Wildman–Crippen LogP) is -3.81. The summed E-state index contributed by atoms with van der Waals surface area (Å²) in [6.45, 7) is 0.847. The van der Waals surface area contributed by atoms with Crippen molar-refractivity contribution < 1.29 is 63.6 Å². The fourth-order valence-electron chi connectivity index (χ4n) is 4.04. The third kappa shape index (κ3) is 6.22. The van der Waals surface area contributed by atoms with Gasteiger partial charge in [-0.15, -0.1) is 0 Å². The lowest BCUT2D eigenvalue weighted by Gasteiger charge is -2.43. The van der Waals surface area contributed by atoms with Crippen LogP contribution in [-0.4, -0.2) is 136 Å². The van der Waals surface area contributed by atoms with E-state index >= 15 is 0 Å². The Bertz CT molecular complexity index is 788. The van der Waals surface area contributed by atoms with Crippen molar-refractivity contribution in [1.29, 1.82) is 0 Å². The van der Waals surface area contributed by atoms with Crippen LogP contribution < -0.4 is 0 Å². The number of imide groups is 1. The van der Waals surface area contributed by atoms with Gasteiger partial charge in [-0.1, -0.05) is 0 Å². The SMILES string of the molecule is COCC1OC(OCC2OC(C)C(OC(=O)CCN3C(=O)C=CC3=O)C(O)C2O)C(O)C(O)C1O. The number of esters is 1. The normalized spacial score (nSPS) is 39.8. The molecule has 0 aromatic rings. The minimum atomic E-state index is -1.60. The molecule has 2 saturated heterocycles. The summed E-state index contributed by atoms with van der Waals surface area (Å²) in [4.78, 5) is 36.2. The molecule has 2 amide bonds. The van der Waals surface area contributed by atoms with E-state index in [2.05, 4.69) is 0 Å². The van der Waals surface area contributed by atoms with Gasteiger partial charge >= 0.3 is 5.97 Å². The standard InChI is InChI=1S/C21H31NO13/c1-9-20(35-14(25)5-6-22-12(23)3-4-13(22)24)18(29)16(27)11(33-9)8-32-21-19(30)17(28)15(26)10(34-21)7-31-2/h3-4,9-11,15-21,26-30H,5-8H2,1-2H3. The van der Waals surface area contributed by atoms with Gasteiger partial charge < -0.3 is 49.2 Å². The lowest BCUT2D eigenvalue weighted by Crippen LogP contribution is -2.61. The van der Waals surface area contributed by atoms with Crippen LogP contribution in [0.5, 0.6) is 0 Å². The van der Waals surface area contributed by atoms with Gasteiger partial charge in [-0.25, -0.2) is 0 Å². The zero-order valence-corrected chi connectivity index (χ0v) is 19.2. The first-order valence-electron chi connectivity index (χ1n) is 11.1. The van der Waals surface area contributed by atoms with Crippen molar-refractivity contribution in [1.82, 2.24) is 4.90 Å². The Kier molecular flexibility index (Phi) is 9.31. The number of aliphatic hydroxyl groups is 5. The molecule has 0 aromatic heterocycles. The van der Waals surface area contributed by atoms with Crippen molar-refractivity contribution in [2.75, 3.05) is 26.9 Å². The van der Waals surface area contributed by atoms with E-state index < -0.39 is 79.0 Å². The highest BCUT2D eigenvalue weighted by molar-refractivity contribution is 6.12. The molecule has 14 nitrogen and oxygen atoms in total. The second-order valence-corrected chi connectivity index (χ2v) is 8.53. The van der Waals surface area contributed by atoms with Gasteiger partial charge in [0, 0.05) is 25.8 Å². The number of ether oxygens (including phenoxy) is 5. The first-order valence-corrected chi connectivity index (χ1v) is 11.1. The number of carbonyl (C=O) groups is 3. The van der Waals surface area contributed by atoms with Crippen LogP contribution in [0, 0.1) is 0 Å². The molecule has 3 rings (SSSR count). The van der Waals surface area contributed by atoms with Crippen molar-refractivity contribution in [3.63, 3.8) is 0 Å². The van der Waals surface area contributed by atoms with E-state index in [9.17, 15) is 39.9 Å². The van der Waals surface area contributed by atoms with Crippen molar-refractivity contribution in [2.45, 2.75) is 74.6 Å². The van der Waals surface area contributed by atoms with Gasteiger partial charge in [-0.2, -0.15) is 0 Å². The number of amides is 2. The number of nitrogens with zero attached hydrogens (tertiary/aromatic N) is 1. The van der Waals surface area contributed by atoms with E-state index in [1.807, 2.05) is 0 Å². The maximum atomic E-state index is 12.2. The van der Waals surface area contributed by atoms with Crippen LogP contribution >= 0.6 is 0 Å². The number of carbonyl (C=O) groups excluding carboxylic acids is 3. The molecule has 198 valence electrons. The maximum Gasteiger partial charge on any atom is 0.308 e. The summed E-state index contributed by atoms with van der Waals surface area (Å²) in [7, 11) is 1.37. The number of aliphatic hydroxyl groups excluding tert-OH is 5. The third-order valence-electron chi connectivity index (χ3n) is 6.05. The molecule has 35 heavy (non-hydrogen) atoms. The second kappa shape index (κ2) is 11.8. The number of hydrogen-bond donors (Lipinski definition) is 5. The summed E-state index contributed by atoms with van der Waals surface area (Å²) in [5.41, 5.74) is 0. The van der Waals surface area contributed by atoms with E-state index in [0.29, 0.717) is 0 Å². The first-order chi connectivity index (χ1) is 16.5. The summed E-state index contributed by atoms with van der Waals surface area (Å²) in [5.74, 6) is -1.90. The molecule has 3 aliphatic heterocycles. The van der Waals surface area contributed by atoms with Gasteiger partial charge in [0.15, 0.2) is 12.4 Å². The van der Waals surface area contributed by atoms with E-state index in [1.165, 1.54) is 14.0 Å². The molecule has 10 unspecified atom stereocenters. The fraction of sp³-hybridized carbons (Fsp3) is 0.762. The molecular weight excluding hydrogens is 474 g/mol. The van der Waals surface area contributed by atoms with Crippen LogP contribution in [0.3, 0.4) is 0 Å². The van der Waals surface area contributed by atoms with Crippen LogP contribution in [0.4, 0.5) is 0 Å². The minimum absolute atomic E-state index is 0.0766. The third-order valence-corrected chi connectivity index (χ3v) is 6.05. The van der Waals surface area contributed by atoms with E-state index in [4.69, 9.17) is 23.7 Å². The van der Waals surface area contributed by atoms with Gasteiger partial charge in [0.1, 0.15) is 42.7 Å². The molecule has 0 aromatic carbocycles. The first kappa shape index (κ1) is 27.6. The van der Waals surface area contributed by atoms with Crippen LogP contribution in [-0.2, 0) is 38.1 Å². The van der Waals surface area contributed by atoms with Crippen molar-refractivity contribution in [3.05, 3.63) is 12.2 Å². The van der Waals surface area contributed by atoms with Crippen LogP contribution in [0.2, 0.25) is 0 Å². The van der Waals surface area contributed by atoms with E-state index in [-0.39, 0.29) is 26.2 Å². The molecular formula is C21H31NO13. The van der Waals surface area contributed by atoms with Gasteiger partial charge in [0.2, 0.25) is 0 Å². The summed E-state index contributed by atoms with van der Waals surface area (Å²) >= 11 is 0. The molecule has 3 aliphatic rings. The highest BCUT2D eigenvalue weighted by atomic mass is 16.7. The van der Waals surface area contributed by atoms with Crippen LogP contribution in [0.25, 0.3) is 0 Å². The lowest BCUT2D eigenvalue weighted by atomic mass is 9.95. The van der Waals surface area contributed by atoms with Crippen molar-refractivity contribution in [3.8, 4) is 0 Å². The zero-order chi connectivity index (χ0) is 25.9. The Morgan fingerprint density at radius 1 is 0.914 bits per heavy atom. The molecule has 0 radical (unpaired) electrons. The Labute approximate surface area is 200 Å². The monoisotopic (exact) mass is 505 g/mol. The Morgan fingerprint density at radius 3 is 2.14 bits per heavy atom. The smallest absolute Gasteiger partial charge is 0.308 e. The average molecular weight is 505 g/mol. The van der Waals surface area contributed by atoms with Crippen molar-refractivity contribution >= 4 is 17.8 Å². The summed E-state index contributed by atoms with van der Waals surface area (Å²) in [6, 6.07) is 0. The maximum absolute atomic E-state index is 12.2. The molecule has 0 spiro atoms. The van der Waals surface area contributed by atoms with Gasteiger partial charge in [0.05, 0.1) is 25.7 Å². The fourth-order valence-corrected chi connectivity index (χ4v) is 4.04. The molecule has 5 N–H and O–H groups in total. The number of hydrogen-bond acceptors (Lipinski definition) is 13. The lowest BCUT2D eigenvalue weighted by molar-refractivity contribution is -0.314. The summed E-state index contributed by atoms with van der Waals surface area (Å²) in [6.07, 6.45) is -11.4. The molecule has 10 atom stereocenters. The molecule has 2 fully saturated rings. The van der Waals surface area contributed by atoms with E-state index in [0.717, 1.165) is 17.1 Å². The van der Waals surface area contributed by atoms with Crippen LogP contribution in [0.15, 0.2) is 12.2 Å². The molecule has 0 saturated carbocycles. The largest absolute Gasteiger partial charge is 0.457 e. The second-order valence-electron chi connectivity index (χ2n) is 8.53. The highest BCUT2D eigenvalue weighted by Gasteiger charge is 2.47. The summed E-state index contributed by atoms with van der Waals surface area (Å²) < 4.78 is 26.6. The van der Waals surface area contributed by atoms with Gasteiger partial charge in [-0.05, 0) is 6.92 Å². The number of methoxy groups -OCH3 is 1. The summed E-state index contributed by atoms with van der Waals surface area (Å²) in [5, 5.41) is 51.1. The topological polar surface area (TPSA) is 202 Å². The van der Waals surface area contributed by atoms with Gasteiger partial charge in [-0.3, -0.25) is 19.3 Å². The van der Waals surface area contributed by atoms with Crippen LogP contribution in [0.1, 0.15) is 13.3 Å². The Morgan fingerprint density at radius 2 is 1.51 bits per heavy atom. The zero-order valence-electron chi connectivity index (χ0n) is 19.2. The molecule has 3 heterocycles. The molecule has 14 heteroatoms. The predicted molar refractivity (Wildman–Crippen MR) is 111 cm³/mol. The van der Waals surface area contributed by atoms with E-state index in [1.54, 1.807) is 0 Å². The minimum Gasteiger partial charge on any atom is -0.457 e. The molecule has 0 aliphatic carbocycles. The quantitative estimate of drug-likeness (QED) is 0.151. The van der Waals surface area contributed by atoms with Crippen molar-refractivity contribution in [2.24, 2.45) is 0 Å². The average Bonchev–Trinajstić information content (AvgIpc) is 3.14. The Hall–Kier alpha value is -2.01. The number of rotatable bonds is 9.